The van der Waals surface area contributed by atoms with Gasteiger partial charge in [-0.15, -0.1) is 0 Å². The van der Waals surface area contributed by atoms with E-state index in [1.807, 2.05) is 23.2 Å². The van der Waals surface area contributed by atoms with E-state index in [0.717, 1.165) is 53.7 Å². The van der Waals surface area contributed by atoms with Gasteiger partial charge in [0, 0.05) is 54.3 Å². The molecule has 1 aliphatic heterocycles. The normalized spacial score (nSPS) is 16.6. The fourth-order valence-corrected chi connectivity index (χ4v) is 3.23. The van der Waals surface area contributed by atoms with Crippen molar-refractivity contribution in [3.8, 4) is 0 Å². The Bertz CT molecular complexity index is 671. The van der Waals surface area contributed by atoms with Crippen molar-refractivity contribution in [2.45, 2.75) is 13.5 Å². The second kappa shape index (κ2) is 5.81. The zero-order chi connectivity index (χ0) is 15.0. The maximum Gasteiger partial charge on any atom is 0.256 e. The number of halogens is 1. The van der Waals surface area contributed by atoms with Crippen LogP contribution in [-0.4, -0.2) is 53.5 Å². The molecule has 2 aromatic rings. The number of rotatable bonds is 2. The standard InChI is InChI=1S/C16H20BrN3O/c1-3-19-11-14(13-5-4-12(17)10-15(13)19)16(21)20-8-6-18(2)7-9-20/h4-5,10-11H,3,6-9H2,1-2H3. The minimum absolute atomic E-state index is 0.155. The molecule has 3 rings (SSSR count). The smallest absolute Gasteiger partial charge is 0.256 e. The van der Waals surface area contributed by atoms with E-state index in [4.69, 9.17) is 0 Å². The highest BCUT2D eigenvalue weighted by atomic mass is 79.9. The van der Waals surface area contributed by atoms with Crippen molar-refractivity contribution in [3.63, 3.8) is 0 Å². The number of aromatic nitrogens is 1. The molecule has 2 heterocycles. The van der Waals surface area contributed by atoms with Crippen molar-refractivity contribution in [2.24, 2.45) is 0 Å². The first-order chi connectivity index (χ1) is 10.1. The fourth-order valence-electron chi connectivity index (χ4n) is 2.88. The number of fused-ring (bicyclic) bond motifs is 1. The maximum absolute atomic E-state index is 12.8. The number of nitrogens with zero attached hydrogens (tertiary/aromatic N) is 3. The topological polar surface area (TPSA) is 28.5 Å². The Kier molecular flexibility index (Phi) is 4.04. The van der Waals surface area contributed by atoms with Gasteiger partial charge in [0.1, 0.15) is 0 Å². The molecule has 0 N–H and O–H groups in total. The zero-order valence-corrected chi connectivity index (χ0v) is 14.1. The summed E-state index contributed by atoms with van der Waals surface area (Å²) in [6, 6.07) is 6.12. The molecule has 0 radical (unpaired) electrons. The van der Waals surface area contributed by atoms with Crippen LogP contribution in [0.2, 0.25) is 0 Å². The van der Waals surface area contributed by atoms with Crippen molar-refractivity contribution >= 4 is 32.7 Å². The van der Waals surface area contributed by atoms with Crippen LogP contribution in [0.1, 0.15) is 17.3 Å². The van der Waals surface area contributed by atoms with Gasteiger partial charge in [-0.2, -0.15) is 0 Å². The number of piperazine rings is 1. The highest BCUT2D eigenvalue weighted by Crippen LogP contribution is 2.26. The summed E-state index contributed by atoms with van der Waals surface area (Å²) in [6.07, 6.45) is 2.00. The molecule has 0 saturated carbocycles. The van der Waals surface area contributed by atoms with Gasteiger partial charge in [-0.3, -0.25) is 4.79 Å². The summed E-state index contributed by atoms with van der Waals surface area (Å²) >= 11 is 3.51. The minimum atomic E-state index is 0.155. The van der Waals surface area contributed by atoms with Crippen LogP contribution in [0.15, 0.2) is 28.9 Å². The minimum Gasteiger partial charge on any atom is -0.347 e. The lowest BCUT2D eigenvalue weighted by Gasteiger charge is -2.32. The number of likely N-dealkylation sites (N-methyl/N-ethyl adjacent to an activating group) is 1. The van der Waals surface area contributed by atoms with E-state index in [1.54, 1.807) is 0 Å². The molecule has 0 unspecified atom stereocenters. The summed E-state index contributed by atoms with van der Waals surface area (Å²) in [7, 11) is 2.10. The van der Waals surface area contributed by atoms with Crippen LogP contribution < -0.4 is 0 Å². The molecule has 21 heavy (non-hydrogen) atoms. The molecule has 4 nitrogen and oxygen atoms in total. The van der Waals surface area contributed by atoms with Crippen LogP contribution >= 0.6 is 15.9 Å². The lowest BCUT2D eigenvalue weighted by molar-refractivity contribution is 0.0666. The van der Waals surface area contributed by atoms with E-state index in [-0.39, 0.29) is 5.91 Å². The van der Waals surface area contributed by atoms with Crippen molar-refractivity contribution in [3.05, 3.63) is 34.4 Å². The van der Waals surface area contributed by atoms with Crippen LogP contribution in [0.4, 0.5) is 0 Å². The van der Waals surface area contributed by atoms with Gasteiger partial charge in [0.15, 0.2) is 0 Å². The average molecular weight is 350 g/mol. The zero-order valence-electron chi connectivity index (χ0n) is 12.5. The third kappa shape index (κ3) is 2.72. The highest BCUT2D eigenvalue weighted by Gasteiger charge is 2.23. The molecule has 1 aromatic carbocycles. The number of benzene rings is 1. The van der Waals surface area contributed by atoms with Crippen molar-refractivity contribution in [1.82, 2.24) is 14.4 Å². The maximum atomic E-state index is 12.8. The molecule has 112 valence electrons. The first-order valence-electron chi connectivity index (χ1n) is 7.36. The van der Waals surface area contributed by atoms with Gasteiger partial charge < -0.3 is 14.4 Å². The molecule has 0 bridgehead atoms. The van der Waals surface area contributed by atoms with Crippen molar-refractivity contribution in [1.29, 1.82) is 0 Å². The molecule has 0 aliphatic carbocycles. The average Bonchev–Trinajstić information content (AvgIpc) is 2.85. The van der Waals surface area contributed by atoms with Crippen LogP contribution in [0.25, 0.3) is 10.9 Å². The Labute approximate surface area is 133 Å². The summed E-state index contributed by atoms with van der Waals surface area (Å²) in [4.78, 5) is 17.0. The van der Waals surface area contributed by atoms with Crippen LogP contribution in [0.3, 0.4) is 0 Å². The molecule has 1 amide bonds. The summed E-state index contributed by atoms with van der Waals surface area (Å²) in [6.45, 7) is 6.48. The van der Waals surface area contributed by atoms with Crippen LogP contribution in [0, 0.1) is 0 Å². The van der Waals surface area contributed by atoms with E-state index in [0.29, 0.717) is 0 Å². The lowest BCUT2D eigenvalue weighted by atomic mass is 10.1. The van der Waals surface area contributed by atoms with E-state index in [1.165, 1.54) is 0 Å². The van der Waals surface area contributed by atoms with E-state index in [2.05, 4.69) is 45.4 Å². The summed E-state index contributed by atoms with van der Waals surface area (Å²) in [5.41, 5.74) is 1.94. The molecule has 0 spiro atoms. The number of hydrogen-bond acceptors (Lipinski definition) is 2. The van der Waals surface area contributed by atoms with Gasteiger partial charge in [-0.05, 0) is 26.1 Å². The largest absolute Gasteiger partial charge is 0.347 e. The summed E-state index contributed by atoms with van der Waals surface area (Å²) in [5, 5.41) is 1.05. The van der Waals surface area contributed by atoms with Gasteiger partial charge in [0.25, 0.3) is 5.91 Å². The predicted octanol–water partition coefficient (Wildman–Crippen LogP) is 2.81. The first-order valence-corrected chi connectivity index (χ1v) is 8.15. The third-order valence-corrected chi connectivity index (χ3v) is 4.70. The molecule has 0 atom stereocenters. The van der Waals surface area contributed by atoms with Crippen LogP contribution in [-0.2, 0) is 6.54 Å². The predicted molar refractivity (Wildman–Crippen MR) is 88.7 cm³/mol. The van der Waals surface area contributed by atoms with Crippen molar-refractivity contribution in [2.75, 3.05) is 33.2 Å². The van der Waals surface area contributed by atoms with E-state index in [9.17, 15) is 4.79 Å². The summed E-state index contributed by atoms with van der Waals surface area (Å²) in [5.74, 6) is 0.155. The SMILES string of the molecule is CCn1cc(C(=O)N2CCN(C)CC2)c2ccc(Br)cc21. The Hall–Kier alpha value is -1.33. The number of aryl methyl sites for hydroxylation is 1. The highest BCUT2D eigenvalue weighted by molar-refractivity contribution is 9.10. The Morgan fingerprint density at radius 1 is 1.24 bits per heavy atom. The molecular weight excluding hydrogens is 330 g/mol. The van der Waals surface area contributed by atoms with Gasteiger partial charge >= 0.3 is 0 Å². The van der Waals surface area contributed by atoms with Crippen molar-refractivity contribution < 1.29 is 4.79 Å². The molecular formula is C16H20BrN3O. The van der Waals surface area contributed by atoms with Gasteiger partial charge in [0.2, 0.25) is 0 Å². The molecule has 1 saturated heterocycles. The van der Waals surface area contributed by atoms with Crippen LogP contribution in [0.5, 0.6) is 0 Å². The Balaban J connectivity index is 1.98. The molecule has 1 aromatic heterocycles. The number of amides is 1. The Morgan fingerprint density at radius 3 is 2.62 bits per heavy atom. The van der Waals surface area contributed by atoms with E-state index >= 15 is 0 Å². The second-order valence-electron chi connectivity index (χ2n) is 5.59. The molecule has 1 aliphatic rings. The molecule has 5 heteroatoms. The lowest BCUT2D eigenvalue weighted by Crippen LogP contribution is -2.47. The third-order valence-electron chi connectivity index (χ3n) is 4.21. The van der Waals surface area contributed by atoms with Gasteiger partial charge in [-0.25, -0.2) is 0 Å². The second-order valence-corrected chi connectivity index (χ2v) is 6.50. The fraction of sp³-hybridized carbons (Fsp3) is 0.438. The number of carbonyl (C=O) groups excluding carboxylic acids is 1. The Morgan fingerprint density at radius 2 is 1.95 bits per heavy atom. The quantitative estimate of drug-likeness (QED) is 0.833. The first kappa shape index (κ1) is 14.6. The number of hydrogen-bond donors (Lipinski definition) is 0. The van der Waals surface area contributed by atoms with E-state index < -0.39 is 0 Å². The van der Waals surface area contributed by atoms with Gasteiger partial charge in [-0.1, -0.05) is 22.0 Å². The van der Waals surface area contributed by atoms with Gasteiger partial charge in [0.05, 0.1) is 5.56 Å². The monoisotopic (exact) mass is 349 g/mol. The summed E-state index contributed by atoms with van der Waals surface area (Å²) < 4.78 is 3.19. The molecule has 1 fully saturated rings. The number of carbonyl (C=O) groups is 1.